The van der Waals surface area contributed by atoms with Crippen LogP contribution in [0.1, 0.15) is 34.6 Å². The molecule has 0 atom stereocenters. The van der Waals surface area contributed by atoms with Crippen molar-refractivity contribution in [2.24, 2.45) is 5.92 Å². The van der Waals surface area contributed by atoms with Crippen molar-refractivity contribution in [1.82, 2.24) is 0 Å². The molecule has 0 radical (unpaired) electrons. The van der Waals surface area contributed by atoms with Gasteiger partial charge in [0.2, 0.25) is 11.7 Å². The van der Waals surface area contributed by atoms with Gasteiger partial charge in [0.25, 0.3) is 5.69 Å². The first-order valence-corrected chi connectivity index (χ1v) is 8.13. The lowest BCUT2D eigenvalue weighted by Crippen LogP contribution is -2.18. The molecule has 2 rings (SSSR count). The van der Waals surface area contributed by atoms with Crippen LogP contribution in [0.3, 0.4) is 0 Å². The number of anilines is 1. The van der Waals surface area contributed by atoms with Crippen LogP contribution in [0.25, 0.3) is 0 Å². The molecule has 1 amide bonds. The number of amides is 1. The van der Waals surface area contributed by atoms with Crippen molar-refractivity contribution in [2.75, 3.05) is 11.9 Å². The fourth-order valence-corrected chi connectivity index (χ4v) is 2.10. The van der Waals surface area contributed by atoms with E-state index in [9.17, 15) is 24.5 Å². The Morgan fingerprint density at radius 1 is 1.07 bits per heavy atom. The minimum absolute atomic E-state index is 0.0787. The second kappa shape index (κ2) is 8.70. The van der Waals surface area contributed by atoms with Crippen molar-refractivity contribution in [3.63, 3.8) is 0 Å². The van der Waals surface area contributed by atoms with Crippen LogP contribution >= 0.6 is 0 Å². The van der Waals surface area contributed by atoms with Crippen molar-refractivity contribution in [3.8, 4) is 0 Å². The number of carbonyl (C=O) groups excluding carboxylic acids is 3. The van der Waals surface area contributed by atoms with E-state index in [1.54, 1.807) is 26.0 Å². The maximum absolute atomic E-state index is 12.1. The van der Waals surface area contributed by atoms with Crippen molar-refractivity contribution in [2.45, 2.75) is 13.8 Å². The van der Waals surface area contributed by atoms with Gasteiger partial charge in [-0.15, -0.1) is 0 Å². The average molecular weight is 370 g/mol. The standard InChI is InChI=1S/C19H18N2O6/c1-12(2)18(23)20-15-7-3-6-14(9-15)19(24)27-11-17(22)13-5-4-8-16(10-13)21(25)26/h3-10,12H,11H2,1-2H3,(H,20,23). The number of ketones is 1. The van der Waals surface area contributed by atoms with Crippen molar-refractivity contribution >= 4 is 29.0 Å². The number of hydrogen-bond acceptors (Lipinski definition) is 6. The number of esters is 1. The molecule has 1 N–H and O–H groups in total. The maximum atomic E-state index is 12.1. The summed E-state index contributed by atoms with van der Waals surface area (Å²) in [5.41, 5.74) is 0.465. The number of ether oxygens (including phenoxy) is 1. The molecule has 0 heterocycles. The van der Waals surface area contributed by atoms with Crippen LogP contribution < -0.4 is 5.32 Å². The van der Waals surface area contributed by atoms with Crippen LogP contribution in [-0.2, 0) is 9.53 Å². The molecular weight excluding hydrogens is 352 g/mol. The fourth-order valence-electron chi connectivity index (χ4n) is 2.10. The van der Waals surface area contributed by atoms with Gasteiger partial charge in [-0.3, -0.25) is 19.7 Å². The smallest absolute Gasteiger partial charge is 0.338 e. The van der Waals surface area contributed by atoms with Crippen molar-refractivity contribution in [1.29, 1.82) is 0 Å². The Bertz CT molecular complexity index is 891. The predicted molar refractivity (Wildman–Crippen MR) is 97.6 cm³/mol. The van der Waals surface area contributed by atoms with Gasteiger partial charge in [-0.25, -0.2) is 4.79 Å². The molecule has 0 aliphatic carbocycles. The Labute approximate surface area is 155 Å². The van der Waals surface area contributed by atoms with E-state index in [4.69, 9.17) is 4.74 Å². The van der Waals surface area contributed by atoms with Gasteiger partial charge in [-0.05, 0) is 18.2 Å². The summed E-state index contributed by atoms with van der Waals surface area (Å²) in [4.78, 5) is 46.1. The highest BCUT2D eigenvalue weighted by Gasteiger charge is 2.15. The quantitative estimate of drug-likeness (QED) is 0.346. The molecule has 0 saturated carbocycles. The van der Waals surface area contributed by atoms with E-state index in [0.29, 0.717) is 5.69 Å². The number of carbonyl (C=O) groups is 3. The number of hydrogen-bond donors (Lipinski definition) is 1. The van der Waals surface area contributed by atoms with E-state index in [1.165, 1.54) is 30.3 Å². The van der Waals surface area contributed by atoms with Gasteiger partial charge in [0.15, 0.2) is 6.61 Å². The van der Waals surface area contributed by atoms with Crippen molar-refractivity contribution in [3.05, 3.63) is 69.8 Å². The monoisotopic (exact) mass is 370 g/mol. The van der Waals surface area contributed by atoms with Gasteiger partial charge >= 0.3 is 5.97 Å². The third-order valence-electron chi connectivity index (χ3n) is 3.60. The summed E-state index contributed by atoms with van der Waals surface area (Å²) in [7, 11) is 0. The molecule has 0 aliphatic rings. The zero-order valence-electron chi connectivity index (χ0n) is 14.8. The third-order valence-corrected chi connectivity index (χ3v) is 3.60. The first-order valence-electron chi connectivity index (χ1n) is 8.13. The molecule has 8 nitrogen and oxygen atoms in total. The number of nitrogens with one attached hydrogen (secondary N) is 1. The molecule has 140 valence electrons. The maximum Gasteiger partial charge on any atom is 0.338 e. The lowest BCUT2D eigenvalue weighted by Gasteiger charge is -2.09. The van der Waals surface area contributed by atoms with Gasteiger partial charge in [-0.1, -0.05) is 32.0 Å². The molecule has 27 heavy (non-hydrogen) atoms. The normalized spacial score (nSPS) is 10.3. The van der Waals surface area contributed by atoms with Crippen LogP contribution in [0.2, 0.25) is 0 Å². The van der Waals surface area contributed by atoms with Crippen LogP contribution in [0.4, 0.5) is 11.4 Å². The molecule has 0 saturated heterocycles. The summed E-state index contributed by atoms with van der Waals surface area (Å²) in [6.45, 7) is 2.93. The highest BCUT2D eigenvalue weighted by Crippen LogP contribution is 2.15. The van der Waals surface area contributed by atoms with Gasteiger partial charge in [0, 0.05) is 29.3 Å². The van der Waals surface area contributed by atoms with E-state index < -0.39 is 23.3 Å². The number of nitro benzene ring substituents is 1. The summed E-state index contributed by atoms with van der Waals surface area (Å²) >= 11 is 0. The first kappa shape index (κ1) is 19.8. The highest BCUT2D eigenvalue weighted by atomic mass is 16.6. The van der Waals surface area contributed by atoms with E-state index in [0.717, 1.165) is 6.07 Å². The Morgan fingerprint density at radius 2 is 1.74 bits per heavy atom. The molecule has 2 aromatic carbocycles. The third kappa shape index (κ3) is 5.46. The second-order valence-corrected chi connectivity index (χ2v) is 6.03. The van der Waals surface area contributed by atoms with E-state index in [2.05, 4.69) is 5.32 Å². The molecule has 0 aliphatic heterocycles. The summed E-state index contributed by atoms with van der Waals surface area (Å²) in [5.74, 6) is -1.71. The molecule has 8 heteroatoms. The van der Waals surface area contributed by atoms with Gasteiger partial charge in [-0.2, -0.15) is 0 Å². The fraction of sp³-hybridized carbons (Fsp3) is 0.211. The zero-order valence-corrected chi connectivity index (χ0v) is 14.8. The van der Waals surface area contributed by atoms with E-state index in [-0.39, 0.29) is 28.6 Å². The molecule has 2 aromatic rings. The lowest BCUT2D eigenvalue weighted by atomic mass is 10.1. The Morgan fingerprint density at radius 3 is 2.41 bits per heavy atom. The summed E-state index contributed by atoms with van der Waals surface area (Å²) in [6.07, 6.45) is 0. The van der Waals surface area contributed by atoms with Crippen LogP contribution in [0.15, 0.2) is 48.5 Å². The molecule has 0 aromatic heterocycles. The predicted octanol–water partition coefficient (Wildman–Crippen LogP) is 3.23. The second-order valence-electron chi connectivity index (χ2n) is 6.03. The van der Waals surface area contributed by atoms with Crippen LogP contribution in [-0.4, -0.2) is 29.2 Å². The number of benzene rings is 2. The Hall–Kier alpha value is -3.55. The number of rotatable bonds is 7. The first-order chi connectivity index (χ1) is 12.8. The molecule has 0 bridgehead atoms. The molecular formula is C19H18N2O6. The minimum atomic E-state index is -0.741. The minimum Gasteiger partial charge on any atom is -0.454 e. The summed E-state index contributed by atoms with van der Waals surface area (Å²) in [6, 6.07) is 11.3. The number of nitro groups is 1. The zero-order chi connectivity index (χ0) is 20.0. The topological polar surface area (TPSA) is 116 Å². The Kier molecular flexibility index (Phi) is 6.37. The lowest BCUT2D eigenvalue weighted by molar-refractivity contribution is -0.384. The molecule has 0 unspecified atom stereocenters. The van der Waals surface area contributed by atoms with Crippen LogP contribution in [0, 0.1) is 16.0 Å². The molecule has 0 fully saturated rings. The number of Topliss-reactive ketones (excluding diaryl/α,β-unsaturated/α-hetero) is 1. The van der Waals surface area contributed by atoms with Gasteiger partial charge < -0.3 is 10.1 Å². The van der Waals surface area contributed by atoms with Gasteiger partial charge in [0.1, 0.15) is 0 Å². The average Bonchev–Trinajstić information content (AvgIpc) is 2.66. The SMILES string of the molecule is CC(C)C(=O)Nc1cccc(C(=O)OCC(=O)c2cccc([N+](=O)[O-])c2)c1. The number of nitrogens with zero attached hydrogens (tertiary/aromatic N) is 1. The highest BCUT2D eigenvalue weighted by molar-refractivity contribution is 6.00. The van der Waals surface area contributed by atoms with Gasteiger partial charge in [0.05, 0.1) is 10.5 Å². The largest absolute Gasteiger partial charge is 0.454 e. The van der Waals surface area contributed by atoms with E-state index >= 15 is 0 Å². The Balaban J connectivity index is 2.01. The van der Waals surface area contributed by atoms with Crippen LogP contribution in [0.5, 0.6) is 0 Å². The van der Waals surface area contributed by atoms with E-state index in [1.807, 2.05) is 0 Å². The summed E-state index contributed by atoms with van der Waals surface area (Å²) < 4.78 is 4.98. The summed E-state index contributed by atoms with van der Waals surface area (Å²) in [5, 5.41) is 13.4. The molecule has 0 spiro atoms. The number of non-ortho nitro benzene ring substituents is 1. The van der Waals surface area contributed by atoms with Crippen molar-refractivity contribution < 1.29 is 24.0 Å².